The maximum absolute atomic E-state index is 12.4. The van der Waals surface area contributed by atoms with E-state index in [4.69, 9.17) is 9.47 Å². The summed E-state index contributed by atoms with van der Waals surface area (Å²) in [5.41, 5.74) is 6.77. The molecule has 4 aliphatic rings. The number of hydrogen-bond donors (Lipinski definition) is 0. The number of carbonyl (C=O) groups excluding carboxylic acids is 2. The second-order valence-corrected chi connectivity index (χ2v) is 18.0. The Hall–Kier alpha value is -2.10. The van der Waals surface area contributed by atoms with E-state index in [1.54, 1.807) is 0 Å². The molecule has 4 nitrogen and oxygen atoms in total. The molecule has 47 heavy (non-hydrogen) atoms. The van der Waals surface area contributed by atoms with Gasteiger partial charge in [-0.1, -0.05) is 89.8 Å². The topological polar surface area (TPSA) is 52.6 Å². The number of fused-ring (bicyclic) bond motifs is 2. The van der Waals surface area contributed by atoms with E-state index >= 15 is 0 Å². The Kier molecular flexibility index (Phi) is 12.2. The molecule has 4 aliphatic carbocycles. The summed E-state index contributed by atoms with van der Waals surface area (Å²) in [4.78, 5) is 24.7. The highest BCUT2D eigenvalue weighted by Gasteiger charge is 2.53. The maximum Gasteiger partial charge on any atom is 0.317 e. The highest BCUT2D eigenvalue weighted by molar-refractivity contribution is 5.91. The number of carbonyl (C=O) groups is 2. The van der Waals surface area contributed by atoms with E-state index in [1.165, 1.54) is 73.7 Å². The Morgan fingerprint density at radius 2 is 1.06 bits per heavy atom. The van der Waals surface area contributed by atoms with Crippen LogP contribution in [0.5, 0.6) is 0 Å². The number of esters is 2. The summed E-state index contributed by atoms with van der Waals surface area (Å²) in [7, 11) is 0. The lowest BCUT2D eigenvalue weighted by Crippen LogP contribution is -2.49. The Labute approximate surface area is 288 Å². The first-order chi connectivity index (χ1) is 22.0. The van der Waals surface area contributed by atoms with E-state index < -0.39 is 11.9 Å². The van der Waals surface area contributed by atoms with Gasteiger partial charge in [0.1, 0.15) is 19.6 Å². The molecule has 0 aromatic rings. The van der Waals surface area contributed by atoms with Gasteiger partial charge < -0.3 is 9.47 Å². The van der Waals surface area contributed by atoms with Crippen LogP contribution in [0.2, 0.25) is 0 Å². The highest BCUT2D eigenvalue weighted by Crippen LogP contribution is 2.63. The van der Waals surface area contributed by atoms with Crippen LogP contribution in [0, 0.1) is 45.3 Å². The molecule has 0 saturated heterocycles. The van der Waals surface area contributed by atoms with Crippen molar-refractivity contribution in [2.24, 2.45) is 45.3 Å². The van der Waals surface area contributed by atoms with Crippen LogP contribution in [0.1, 0.15) is 152 Å². The SMILES string of the molecule is C=C1CC[C@@H]2C(C)(C)CCC[C@@]2(C)[C@@H]1CC/C(C)=C/COC(=O)CC(=O)OC/C=C(\C)CC[C@@H]1C(=C)CC[C@@H]2C(C)(C)CCC[C@@]12C. The number of hydrogen-bond acceptors (Lipinski definition) is 4. The van der Waals surface area contributed by atoms with Gasteiger partial charge in [0.2, 0.25) is 0 Å². The molecule has 4 heteroatoms. The zero-order valence-electron chi connectivity index (χ0n) is 31.5. The smallest absolute Gasteiger partial charge is 0.317 e. The molecule has 6 atom stereocenters. The lowest BCUT2D eigenvalue weighted by molar-refractivity contribution is -0.153. The quantitative estimate of drug-likeness (QED) is 0.120. The Bertz CT molecular complexity index is 1140. The average molecular weight is 649 g/mol. The number of ether oxygens (including phenoxy) is 2. The molecule has 0 radical (unpaired) electrons. The van der Waals surface area contributed by atoms with Gasteiger partial charge in [-0.15, -0.1) is 0 Å². The zero-order valence-corrected chi connectivity index (χ0v) is 31.5. The van der Waals surface area contributed by atoms with Gasteiger partial charge in [0.05, 0.1) is 0 Å². The van der Waals surface area contributed by atoms with Crippen LogP contribution in [0.4, 0.5) is 0 Å². The van der Waals surface area contributed by atoms with E-state index in [-0.39, 0.29) is 19.6 Å². The van der Waals surface area contributed by atoms with Crippen LogP contribution < -0.4 is 0 Å². The molecular weight excluding hydrogens is 580 g/mol. The lowest BCUT2D eigenvalue weighted by Gasteiger charge is -2.58. The first-order valence-electron chi connectivity index (χ1n) is 19.0. The number of allylic oxidation sites excluding steroid dienone is 4. The van der Waals surface area contributed by atoms with Crippen LogP contribution >= 0.6 is 0 Å². The van der Waals surface area contributed by atoms with E-state index in [0.29, 0.717) is 33.5 Å². The average Bonchev–Trinajstić information content (AvgIpc) is 2.95. The Balaban J connectivity index is 1.16. The van der Waals surface area contributed by atoms with Crippen molar-refractivity contribution in [1.82, 2.24) is 0 Å². The molecule has 0 unspecified atom stereocenters. The lowest BCUT2D eigenvalue weighted by atomic mass is 9.47. The third-order valence-corrected chi connectivity index (χ3v) is 13.9. The second-order valence-electron chi connectivity index (χ2n) is 18.0. The van der Waals surface area contributed by atoms with Gasteiger partial charge in [0.15, 0.2) is 0 Å². The van der Waals surface area contributed by atoms with Crippen LogP contribution in [0.25, 0.3) is 0 Å². The van der Waals surface area contributed by atoms with Crippen molar-refractivity contribution in [3.63, 3.8) is 0 Å². The molecule has 0 spiro atoms. The minimum Gasteiger partial charge on any atom is -0.461 e. The van der Waals surface area contributed by atoms with Gasteiger partial charge in [-0.05, 0) is 148 Å². The minimum atomic E-state index is -0.533. The highest BCUT2D eigenvalue weighted by atomic mass is 16.6. The fraction of sp³-hybridized carbons (Fsp3) is 0.767. The van der Waals surface area contributed by atoms with Crippen molar-refractivity contribution in [1.29, 1.82) is 0 Å². The van der Waals surface area contributed by atoms with Gasteiger partial charge in [-0.25, -0.2) is 0 Å². The monoisotopic (exact) mass is 649 g/mol. The van der Waals surface area contributed by atoms with E-state index in [1.807, 2.05) is 12.2 Å². The van der Waals surface area contributed by atoms with Gasteiger partial charge in [0.25, 0.3) is 0 Å². The second kappa shape index (κ2) is 15.2. The van der Waals surface area contributed by atoms with Crippen molar-refractivity contribution >= 4 is 11.9 Å². The van der Waals surface area contributed by atoms with Crippen LogP contribution in [-0.4, -0.2) is 25.2 Å². The standard InChI is InChI=1S/C43H68O4/c1-30(13-17-34-32(3)15-19-36-40(5,6)23-11-25-42(34,36)9)21-27-46-38(44)29-39(45)47-28-22-31(2)14-18-35-33(4)16-20-37-41(7,8)24-12-26-43(35,37)10/h21-22,34-37H,3-4,11-20,23-29H2,1-2,5-10H3/b30-21+,31-22+/t34-,35-,36-,37-,42+,43+/m1/s1. The van der Waals surface area contributed by atoms with Crippen molar-refractivity contribution in [3.8, 4) is 0 Å². The zero-order chi connectivity index (χ0) is 34.6. The molecule has 0 aliphatic heterocycles. The molecule has 0 aromatic heterocycles. The number of rotatable bonds is 12. The summed E-state index contributed by atoms with van der Waals surface area (Å²) in [6.45, 7) is 28.6. The molecule has 0 aromatic carbocycles. The molecule has 4 fully saturated rings. The first-order valence-corrected chi connectivity index (χ1v) is 19.0. The molecular formula is C43H68O4. The summed E-state index contributed by atoms with van der Waals surface area (Å²) in [5.74, 6) is 1.54. The van der Waals surface area contributed by atoms with Crippen molar-refractivity contribution in [2.75, 3.05) is 13.2 Å². The van der Waals surface area contributed by atoms with Crippen LogP contribution in [0.15, 0.2) is 47.6 Å². The largest absolute Gasteiger partial charge is 0.461 e. The summed E-state index contributed by atoms with van der Waals surface area (Å²) in [5, 5.41) is 0. The van der Waals surface area contributed by atoms with Gasteiger partial charge in [-0.2, -0.15) is 0 Å². The fourth-order valence-electron chi connectivity index (χ4n) is 11.3. The molecule has 4 saturated carbocycles. The summed E-state index contributed by atoms with van der Waals surface area (Å²) in [6.07, 6.45) is 20.5. The molecule has 0 amide bonds. The third-order valence-electron chi connectivity index (χ3n) is 13.9. The minimum absolute atomic E-state index is 0.193. The van der Waals surface area contributed by atoms with Gasteiger partial charge >= 0.3 is 11.9 Å². The molecule has 0 N–H and O–H groups in total. The van der Waals surface area contributed by atoms with Gasteiger partial charge in [-0.3, -0.25) is 9.59 Å². The van der Waals surface area contributed by atoms with Crippen molar-refractivity contribution in [3.05, 3.63) is 47.6 Å². The van der Waals surface area contributed by atoms with Gasteiger partial charge in [0, 0.05) is 0 Å². The van der Waals surface area contributed by atoms with E-state index in [9.17, 15) is 9.59 Å². The third kappa shape index (κ3) is 8.74. The van der Waals surface area contributed by atoms with Crippen LogP contribution in [0.3, 0.4) is 0 Å². The van der Waals surface area contributed by atoms with E-state index in [0.717, 1.165) is 50.4 Å². The predicted molar refractivity (Wildman–Crippen MR) is 195 cm³/mol. The Morgan fingerprint density at radius 1 is 0.681 bits per heavy atom. The maximum atomic E-state index is 12.4. The van der Waals surface area contributed by atoms with Crippen LogP contribution in [-0.2, 0) is 19.1 Å². The summed E-state index contributed by atoms with van der Waals surface area (Å²) in [6, 6.07) is 0. The fourth-order valence-corrected chi connectivity index (χ4v) is 11.3. The normalized spacial score (nSPS) is 33.9. The summed E-state index contributed by atoms with van der Waals surface area (Å²) >= 11 is 0. The Morgan fingerprint density at radius 3 is 1.45 bits per heavy atom. The summed E-state index contributed by atoms with van der Waals surface area (Å²) < 4.78 is 10.8. The predicted octanol–water partition coefficient (Wildman–Crippen LogP) is 11.5. The van der Waals surface area contributed by atoms with E-state index in [2.05, 4.69) is 68.5 Å². The molecule has 0 heterocycles. The molecule has 4 rings (SSSR count). The van der Waals surface area contributed by atoms with Crippen molar-refractivity contribution < 1.29 is 19.1 Å². The van der Waals surface area contributed by atoms with Crippen molar-refractivity contribution in [2.45, 2.75) is 152 Å². The molecule has 0 bridgehead atoms. The molecule has 264 valence electrons. The first kappa shape index (κ1) is 37.7.